The topological polar surface area (TPSA) is 59.7 Å². The summed E-state index contributed by atoms with van der Waals surface area (Å²) < 4.78 is 10.5. The second-order valence-electron chi connectivity index (χ2n) is 3.68. The van der Waals surface area contributed by atoms with E-state index in [2.05, 4.69) is 13.2 Å². The summed E-state index contributed by atoms with van der Waals surface area (Å²) in [6.45, 7) is 6.91. The zero-order valence-corrected chi connectivity index (χ0v) is 9.90. The Hall–Kier alpha value is -2.49. The molecule has 0 fully saturated rings. The predicted molar refractivity (Wildman–Crippen MR) is 70.8 cm³/mol. The molecule has 4 heteroatoms. The lowest BCUT2D eigenvalue weighted by atomic mass is 10.1. The maximum Gasteiger partial charge on any atom is 0.204 e. The summed E-state index contributed by atoms with van der Waals surface area (Å²) >= 11 is 0. The van der Waals surface area contributed by atoms with Crippen molar-refractivity contribution in [1.82, 2.24) is 0 Å². The van der Waals surface area contributed by atoms with Crippen molar-refractivity contribution in [2.24, 2.45) is 0 Å². The Kier molecular flexibility index (Phi) is 2.93. The van der Waals surface area contributed by atoms with Crippen LogP contribution in [0.25, 0.3) is 22.8 Å². The fourth-order valence-electron chi connectivity index (χ4n) is 1.74. The second kappa shape index (κ2) is 4.41. The van der Waals surface area contributed by atoms with Gasteiger partial charge in [-0.15, -0.1) is 0 Å². The molecular formula is C14H12O4. The number of methoxy groups -OCH3 is 1. The van der Waals surface area contributed by atoms with Crippen LogP contribution in [0.2, 0.25) is 0 Å². The van der Waals surface area contributed by atoms with E-state index < -0.39 is 0 Å². The van der Waals surface area contributed by atoms with Crippen LogP contribution in [0.4, 0.5) is 0 Å². The first-order valence-corrected chi connectivity index (χ1v) is 5.24. The molecule has 0 aliphatic rings. The summed E-state index contributed by atoms with van der Waals surface area (Å²) in [5.41, 5.74) is 0.0593. The van der Waals surface area contributed by atoms with Crippen molar-refractivity contribution in [1.29, 1.82) is 0 Å². The summed E-state index contributed by atoms with van der Waals surface area (Å²) in [6.07, 6.45) is 1.36. The molecule has 1 aromatic carbocycles. The highest BCUT2D eigenvalue weighted by atomic mass is 16.5. The fraction of sp³-hybridized carbons (Fsp3) is 0.0714. The third kappa shape index (κ3) is 1.78. The zero-order valence-electron chi connectivity index (χ0n) is 9.90. The Morgan fingerprint density at radius 3 is 2.78 bits per heavy atom. The zero-order chi connectivity index (χ0) is 13.3. The third-order valence-corrected chi connectivity index (χ3v) is 2.60. The molecule has 0 saturated carbocycles. The van der Waals surface area contributed by atoms with Crippen molar-refractivity contribution in [3.05, 3.63) is 52.9 Å². The molecule has 1 aromatic heterocycles. The van der Waals surface area contributed by atoms with Crippen molar-refractivity contribution in [3.8, 4) is 5.75 Å². The van der Waals surface area contributed by atoms with Gasteiger partial charge in [0.15, 0.2) is 0 Å². The van der Waals surface area contributed by atoms with Gasteiger partial charge < -0.3 is 14.3 Å². The Labute approximate surface area is 103 Å². The second-order valence-corrected chi connectivity index (χ2v) is 3.68. The number of rotatable bonds is 3. The van der Waals surface area contributed by atoms with Crippen molar-refractivity contribution in [3.63, 3.8) is 0 Å². The minimum Gasteiger partial charge on any atom is -0.508 e. The number of ether oxygens (including phenoxy) is 1. The first-order valence-electron chi connectivity index (χ1n) is 5.24. The Morgan fingerprint density at radius 2 is 2.22 bits per heavy atom. The van der Waals surface area contributed by atoms with E-state index in [1.165, 1.54) is 13.2 Å². The van der Waals surface area contributed by atoms with E-state index >= 15 is 0 Å². The molecule has 0 radical (unpaired) electrons. The van der Waals surface area contributed by atoms with Crippen LogP contribution in [0.15, 0.2) is 40.6 Å². The molecular weight excluding hydrogens is 232 g/mol. The average Bonchev–Trinajstić information content (AvgIpc) is 2.37. The number of hydrogen-bond acceptors (Lipinski definition) is 4. The summed E-state index contributed by atoms with van der Waals surface area (Å²) in [7, 11) is 1.51. The highest BCUT2D eigenvalue weighted by molar-refractivity contribution is 5.83. The highest BCUT2D eigenvalue weighted by Crippen LogP contribution is 2.23. The van der Waals surface area contributed by atoms with Crippen LogP contribution in [0.1, 0.15) is 11.3 Å². The Balaban J connectivity index is 2.92. The molecule has 0 bridgehead atoms. The van der Waals surface area contributed by atoms with Crippen molar-refractivity contribution >= 4 is 22.8 Å². The number of hydrogen-bond donors (Lipinski definition) is 1. The van der Waals surface area contributed by atoms with E-state index in [4.69, 9.17) is 9.15 Å². The normalized spacial score (nSPS) is 10.3. The molecule has 0 spiro atoms. The predicted octanol–water partition coefficient (Wildman–Crippen LogP) is 2.97. The molecule has 0 amide bonds. The van der Waals surface area contributed by atoms with Gasteiger partial charge in [0.2, 0.25) is 5.43 Å². The third-order valence-electron chi connectivity index (χ3n) is 2.60. The Bertz CT molecular complexity index is 695. The van der Waals surface area contributed by atoms with E-state index in [-0.39, 0.29) is 22.5 Å². The van der Waals surface area contributed by atoms with Crippen LogP contribution >= 0.6 is 0 Å². The van der Waals surface area contributed by atoms with Gasteiger partial charge in [0.05, 0.1) is 12.5 Å². The van der Waals surface area contributed by atoms with E-state index in [0.717, 1.165) is 0 Å². The molecule has 18 heavy (non-hydrogen) atoms. The molecule has 0 aliphatic heterocycles. The molecule has 0 unspecified atom stereocenters. The molecule has 0 saturated heterocycles. The molecule has 1 N–H and O–H groups in total. The van der Waals surface area contributed by atoms with Gasteiger partial charge in [0, 0.05) is 0 Å². The van der Waals surface area contributed by atoms with Gasteiger partial charge in [-0.1, -0.05) is 13.2 Å². The average molecular weight is 244 g/mol. The summed E-state index contributed by atoms with van der Waals surface area (Å²) in [5, 5.41) is 9.79. The van der Waals surface area contributed by atoms with Crippen molar-refractivity contribution in [2.75, 3.05) is 7.11 Å². The van der Waals surface area contributed by atoms with Gasteiger partial charge in [-0.2, -0.15) is 0 Å². The minimum atomic E-state index is -0.363. The van der Waals surface area contributed by atoms with Crippen molar-refractivity contribution in [2.45, 2.75) is 0 Å². The molecule has 2 rings (SSSR count). The largest absolute Gasteiger partial charge is 0.508 e. The van der Waals surface area contributed by atoms with Crippen LogP contribution in [0, 0.1) is 0 Å². The van der Waals surface area contributed by atoms with Crippen LogP contribution in [-0.4, -0.2) is 12.2 Å². The number of benzene rings is 1. The molecule has 0 aliphatic carbocycles. The minimum absolute atomic E-state index is 0.0192. The molecule has 0 atom stereocenters. The van der Waals surface area contributed by atoms with Gasteiger partial charge in [-0.3, -0.25) is 4.79 Å². The maximum absolute atomic E-state index is 12.2. The first kappa shape index (κ1) is 12.0. The van der Waals surface area contributed by atoms with Crippen LogP contribution in [-0.2, 0) is 0 Å². The smallest absolute Gasteiger partial charge is 0.204 e. The fourth-order valence-corrected chi connectivity index (χ4v) is 1.74. The summed E-state index contributed by atoms with van der Waals surface area (Å²) in [5.74, 6) is 0.393. The number of aliphatic hydroxyl groups excluding tert-OH is 1. The van der Waals surface area contributed by atoms with Gasteiger partial charge in [0.25, 0.3) is 0 Å². The standard InChI is InChI=1S/C14H12O4/c1-4-11-13(8(2)15)14(16)10-7-9(17-3)5-6-12(10)18-11/h4-7,15H,1-2H2,3H3. The van der Waals surface area contributed by atoms with E-state index in [1.54, 1.807) is 18.2 Å². The van der Waals surface area contributed by atoms with E-state index in [0.29, 0.717) is 16.7 Å². The maximum atomic E-state index is 12.2. The van der Waals surface area contributed by atoms with Crippen molar-refractivity contribution < 1.29 is 14.3 Å². The van der Waals surface area contributed by atoms with Gasteiger partial charge in [-0.25, -0.2) is 0 Å². The van der Waals surface area contributed by atoms with Crippen LogP contribution < -0.4 is 10.2 Å². The van der Waals surface area contributed by atoms with Gasteiger partial charge >= 0.3 is 0 Å². The van der Waals surface area contributed by atoms with Crippen LogP contribution in [0.3, 0.4) is 0 Å². The number of fused-ring (bicyclic) bond motifs is 1. The summed E-state index contributed by atoms with van der Waals surface area (Å²) in [6, 6.07) is 4.87. The molecule has 92 valence electrons. The van der Waals surface area contributed by atoms with Gasteiger partial charge in [0.1, 0.15) is 28.4 Å². The lowest BCUT2D eigenvalue weighted by molar-refractivity contribution is 0.415. The lowest BCUT2D eigenvalue weighted by Crippen LogP contribution is -2.10. The lowest BCUT2D eigenvalue weighted by Gasteiger charge is -2.06. The SMILES string of the molecule is C=Cc1oc2ccc(OC)cc2c(=O)c1C(=C)O. The quantitative estimate of drug-likeness (QED) is 0.843. The number of aliphatic hydroxyl groups is 1. The molecule has 2 aromatic rings. The van der Waals surface area contributed by atoms with E-state index in [1.807, 2.05) is 0 Å². The summed E-state index contributed by atoms with van der Waals surface area (Å²) in [4.78, 5) is 12.2. The molecule has 4 nitrogen and oxygen atoms in total. The molecule has 1 heterocycles. The highest BCUT2D eigenvalue weighted by Gasteiger charge is 2.15. The van der Waals surface area contributed by atoms with Crippen LogP contribution in [0.5, 0.6) is 5.75 Å². The first-order chi connectivity index (χ1) is 8.58. The Morgan fingerprint density at radius 1 is 1.50 bits per heavy atom. The van der Waals surface area contributed by atoms with Gasteiger partial charge in [-0.05, 0) is 24.3 Å². The monoisotopic (exact) mass is 244 g/mol. The van der Waals surface area contributed by atoms with E-state index in [9.17, 15) is 9.90 Å².